The molecule has 1 aliphatic carbocycles. The zero-order valence-electron chi connectivity index (χ0n) is 18.3. The average Bonchev–Trinajstić information content (AvgIpc) is 2.81. The predicted molar refractivity (Wildman–Crippen MR) is 126 cm³/mol. The second-order valence-electron chi connectivity index (χ2n) is 7.96. The van der Waals surface area contributed by atoms with Gasteiger partial charge in [0, 0.05) is 34.7 Å². The summed E-state index contributed by atoms with van der Waals surface area (Å²) in [5.74, 6) is -1.63. The highest BCUT2D eigenvalue weighted by atomic mass is 16.4. The van der Waals surface area contributed by atoms with Gasteiger partial charge in [0.15, 0.2) is 5.43 Å². The van der Waals surface area contributed by atoms with Gasteiger partial charge in [0.05, 0.1) is 5.56 Å². The largest absolute Gasteiger partial charge is 0.872 e. The number of rotatable bonds is 8. The number of hydrogen-bond donors (Lipinski definition) is 3. The number of benzene rings is 3. The molecule has 0 radical (unpaired) electrons. The molecule has 0 saturated heterocycles. The number of fused-ring (bicyclic) bond motifs is 2. The molecule has 0 atom stereocenters. The number of hydrogen-bond acceptors (Lipinski definition) is 6. The maximum atomic E-state index is 12.6. The van der Waals surface area contributed by atoms with Crippen molar-refractivity contribution in [3.8, 4) is 28.2 Å². The minimum Gasteiger partial charge on any atom is -0.872 e. The summed E-state index contributed by atoms with van der Waals surface area (Å²) in [6.07, 6.45) is 2.55. The fourth-order valence-corrected chi connectivity index (χ4v) is 3.97. The van der Waals surface area contributed by atoms with Crippen molar-refractivity contribution in [3.63, 3.8) is 0 Å². The van der Waals surface area contributed by atoms with Crippen LogP contribution in [0.2, 0.25) is 0 Å². The van der Waals surface area contributed by atoms with E-state index in [4.69, 9.17) is 10.2 Å². The summed E-state index contributed by atoms with van der Waals surface area (Å²) in [7, 11) is 0. The summed E-state index contributed by atoms with van der Waals surface area (Å²) in [5.41, 5.74) is 6.93. The van der Waals surface area contributed by atoms with Crippen molar-refractivity contribution in [2.75, 3.05) is 13.1 Å². The number of nitrogens with two attached hydrogens (primary N) is 1. The van der Waals surface area contributed by atoms with Crippen molar-refractivity contribution in [1.29, 1.82) is 0 Å². The Labute approximate surface area is 195 Å². The number of carboxylic acids is 1. The summed E-state index contributed by atoms with van der Waals surface area (Å²) < 4.78 is 5.79. The third-order valence-electron chi connectivity index (χ3n) is 5.61. The van der Waals surface area contributed by atoms with Crippen LogP contribution in [0.5, 0.6) is 5.75 Å². The Kier molecular flexibility index (Phi) is 6.60. The van der Waals surface area contributed by atoms with E-state index in [0.29, 0.717) is 35.2 Å². The summed E-state index contributed by atoms with van der Waals surface area (Å²) >= 11 is 0. The van der Waals surface area contributed by atoms with Crippen LogP contribution >= 0.6 is 0 Å². The predicted octanol–water partition coefficient (Wildman–Crippen LogP) is 3.20. The lowest BCUT2D eigenvalue weighted by Gasteiger charge is -2.18. The molecule has 0 unspecified atom stereocenters. The summed E-state index contributed by atoms with van der Waals surface area (Å²) in [5, 5.41) is 25.2. The van der Waals surface area contributed by atoms with E-state index < -0.39 is 5.97 Å². The molecule has 0 spiro atoms. The van der Waals surface area contributed by atoms with Crippen molar-refractivity contribution in [1.82, 2.24) is 5.32 Å². The number of carbonyl (C=O) groups is 2. The molecule has 0 aromatic heterocycles. The van der Waals surface area contributed by atoms with Gasteiger partial charge in [-0.1, -0.05) is 24.6 Å². The second-order valence-corrected chi connectivity index (χ2v) is 7.96. The van der Waals surface area contributed by atoms with E-state index in [1.54, 1.807) is 24.3 Å². The second kappa shape index (κ2) is 9.76. The Bertz CT molecular complexity index is 1410. The molecular weight excluding hydrogens is 436 g/mol. The van der Waals surface area contributed by atoms with Gasteiger partial charge in [-0.15, -0.1) is 5.75 Å². The summed E-state index contributed by atoms with van der Waals surface area (Å²) in [6.45, 7) is 1.06. The van der Waals surface area contributed by atoms with Gasteiger partial charge in [-0.25, -0.2) is 4.79 Å². The Morgan fingerprint density at radius 3 is 2.53 bits per heavy atom. The Morgan fingerprint density at radius 1 is 0.971 bits per heavy atom. The van der Waals surface area contributed by atoms with Crippen molar-refractivity contribution in [3.05, 3.63) is 75.9 Å². The van der Waals surface area contributed by atoms with Crippen LogP contribution in [-0.2, 0) is 0 Å². The molecule has 1 amide bonds. The number of carboxylic acid groups (broad SMARTS) is 1. The molecule has 4 N–H and O–H groups in total. The fraction of sp³-hybridized carbons (Fsp3) is 0.192. The normalized spacial score (nSPS) is 11.1. The highest BCUT2D eigenvalue weighted by Crippen LogP contribution is 2.41. The van der Waals surface area contributed by atoms with Crippen molar-refractivity contribution in [2.24, 2.45) is 5.73 Å². The zero-order chi connectivity index (χ0) is 24.2. The number of amides is 1. The van der Waals surface area contributed by atoms with Gasteiger partial charge in [-0.3, -0.25) is 9.59 Å². The van der Waals surface area contributed by atoms with Crippen molar-refractivity contribution < 1.29 is 24.2 Å². The van der Waals surface area contributed by atoms with Gasteiger partial charge in [-0.05, 0) is 55.3 Å². The lowest BCUT2D eigenvalue weighted by molar-refractivity contribution is -0.268. The number of unbranched alkanes of at least 4 members (excludes halogenated alkanes) is 2. The van der Waals surface area contributed by atoms with Crippen LogP contribution in [0.3, 0.4) is 0 Å². The molecule has 0 bridgehead atoms. The van der Waals surface area contributed by atoms with E-state index in [2.05, 4.69) is 5.32 Å². The molecule has 0 saturated carbocycles. The third-order valence-corrected chi connectivity index (χ3v) is 5.61. The van der Waals surface area contributed by atoms with Crippen LogP contribution < -0.4 is 21.6 Å². The summed E-state index contributed by atoms with van der Waals surface area (Å²) in [6, 6.07) is 12.9. The molecule has 174 valence electrons. The number of nitrogens with one attached hydrogen (secondary N) is 1. The van der Waals surface area contributed by atoms with Gasteiger partial charge < -0.3 is 25.7 Å². The van der Waals surface area contributed by atoms with E-state index in [0.717, 1.165) is 19.3 Å². The fourth-order valence-electron chi connectivity index (χ4n) is 3.97. The van der Waals surface area contributed by atoms with Crippen LogP contribution in [-0.4, -0.2) is 30.1 Å². The van der Waals surface area contributed by atoms with Gasteiger partial charge in [0.1, 0.15) is 11.3 Å². The topological polar surface area (TPSA) is 146 Å². The molecule has 0 fully saturated rings. The van der Waals surface area contributed by atoms with Gasteiger partial charge in [0.25, 0.3) is 5.91 Å². The third kappa shape index (κ3) is 4.62. The van der Waals surface area contributed by atoms with Gasteiger partial charge in [-0.2, -0.15) is 0 Å². The average molecular weight is 459 g/mol. The first-order valence-corrected chi connectivity index (χ1v) is 10.9. The van der Waals surface area contributed by atoms with Crippen LogP contribution in [0.4, 0.5) is 0 Å². The first kappa shape index (κ1) is 23.0. The van der Waals surface area contributed by atoms with E-state index in [-0.39, 0.29) is 39.6 Å². The van der Waals surface area contributed by atoms with Crippen LogP contribution in [0, 0.1) is 0 Å². The SMILES string of the molecule is NCCCCCNC(=O)c1ccc(-c2c3ccc(=O)cc-3oc3cc([O-])ccc23)c(C(=O)O)c1. The Balaban J connectivity index is 1.82. The quantitative estimate of drug-likeness (QED) is 0.271. The van der Waals surface area contributed by atoms with E-state index in [9.17, 15) is 24.6 Å². The maximum absolute atomic E-state index is 12.6. The molecule has 8 heteroatoms. The van der Waals surface area contributed by atoms with Crippen LogP contribution in [0.1, 0.15) is 40.0 Å². The molecular formula is C26H23N2O6-. The van der Waals surface area contributed by atoms with E-state index in [1.165, 1.54) is 30.3 Å². The highest BCUT2D eigenvalue weighted by Gasteiger charge is 2.22. The van der Waals surface area contributed by atoms with Crippen LogP contribution in [0.25, 0.3) is 33.4 Å². The first-order chi connectivity index (χ1) is 16.4. The standard InChI is InChI=1S/C26H24N2O6/c27-10-2-1-3-11-28-25(31)15-4-7-18(21(12-15)26(32)33)24-19-8-5-16(29)13-22(19)34-23-14-17(30)6-9-20(23)24/h4-9,12-14,29H,1-3,10-11,27H2,(H,28,31)(H,32,33)/p-1. The highest BCUT2D eigenvalue weighted by molar-refractivity contribution is 6.09. The molecule has 8 nitrogen and oxygen atoms in total. The van der Waals surface area contributed by atoms with Gasteiger partial charge in [0.2, 0.25) is 0 Å². The summed E-state index contributed by atoms with van der Waals surface area (Å²) in [4.78, 5) is 36.7. The molecule has 1 aliphatic heterocycles. The lowest BCUT2D eigenvalue weighted by atomic mass is 9.90. The first-order valence-electron chi connectivity index (χ1n) is 10.9. The molecule has 1 heterocycles. The maximum Gasteiger partial charge on any atom is 0.336 e. The van der Waals surface area contributed by atoms with Crippen LogP contribution in [0.15, 0.2) is 63.8 Å². The molecule has 4 rings (SSSR count). The van der Waals surface area contributed by atoms with Crippen molar-refractivity contribution in [2.45, 2.75) is 19.3 Å². The van der Waals surface area contributed by atoms with E-state index >= 15 is 0 Å². The smallest absolute Gasteiger partial charge is 0.336 e. The number of aromatic carboxylic acids is 1. The molecule has 2 aliphatic rings. The number of carbonyl (C=O) groups excluding carboxylic acids is 1. The minimum absolute atomic E-state index is 0.0815. The zero-order valence-corrected chi connectivity index (χ0v) is 18.3. The Hall–Kier alpha value is -4.17. The minimum atomic E-state index is -1.21. The van der Waals surface area contributed by atoms with Gasteiger partial charge >= 0.3 is 5.97 Å². The Morgan fingerprint density at radius 2 is 1.76 bits per heavy atom. The molecule has 2 aromatic carbocycles. The molecule has 34 heavy (non-hydrogen) atoms. The lowest BCUT2D eigenvalue weighted by Crippen LogP contribution is -2.25. The monoisotopic (exact) mass is 459 g/mol. The van der Waals surface area contributed by atoms with E-state index in [1.807, 2.05) is 0 Å². The van der Waals surface area contributed by atoms with Crippen molar-refractivity contribution >= 4 is 22.8 Å². The molecule has 2 aromatic rings.